The highest BCUT2D eigenvalue weighted by Gasteiger charge is 2.70. The van der Waals surface area contributed by atoms with Crippen LogP contribution in [0.4, 0.5) is 0 Å². The Morgan fingerprint density at radius 3 is 1.60 bits per heavy atom. The number of Topliss-reactive ketones (excluding diaryl/α,β-unsaturated/α-hetero) is 2. The molecule has 0 amide bonds. The van der Waals surface area contributed by atoms with Crippen LogP contribution in [-0.4, -0.2) is 40.9 Å². The smallest absolute Gasteiger partial charge is 0.175 e. The van der Waals surface area contributed by atoms with Crippen LogP contribution in [0.1, 0.15) is 60.7 Å². The Morgan fingerprint density at radius 1 is 0.595 bits per heavy atom. The van der Waals surface area contributed by atoms with Gasteiger partial charge in [0.25, 0.3) is 0 Å². The van der Waals surface area contributed by atoms with Gasteiger partial charge in [-0.2, -0.15) is 0 Å². The summed E-state index contributed by atoms with van der Waals surface area (Å²) in [6.45, 7) is 0. The maximum Gasteiger partial charge on any atom is 0.175 e. The molecule has 0 aliphatic heterocycles. The number of sulfone groups is 2. The normalized spacial score (nSPS) is 26.3. The van der Waals surface area contributed by atoms with Gasteiger partial charge in [0.15, 0.2) is 31.2 Å². The third-order valence-corrected chi connectivity index (χ3v) is 11.9. The number of benzene rings is 4. The van der Waals surface area contributed by atoms with Crippen LogP contribution in [0.2, 0.25) is 0 Å². The molecule has 3 aliphatic carbocycles. The zero-order valence-corrected chi connectivity index (χ0v) is 24.7. The Morgan fingerprint density at radius 2 is 1.07 bits per heavy atom. The van der Waals surface area contributed by atoms with Crippen LogP contribution in [0.25, 0.3) is 0 Å². The zero-order valence-electron chi connectivity index (χ0n) is 23.0. The van der Waals surface area contributed by atoms with Crippen molar-refractivity contribution < 1.29 is 26.4 Å². The molecule has 0 saturated heterocycles. The van der Waals surface area contributed by atoms with E-state index in [2.05, 4.69) is 0 Å². The number of fused-ring (bicyclic) bond motifs is 4. The van der Waals surface area contributed by atoms with Gasteiger partial charge in [-0.1, -0.05) is 72.8 Å². The summed E-state index contributed by atoms with van der Waals surface area (Å²) in [5.74, 6) is -1.89. The summed E-state index contributed by atoms with van der Waals surface area (Å²) in [5.41, 5.74) is 3.59. The van der Waals surface area contributed by atoms with E-state index in [1.165, 1.54) is 0 Å². The second-order valence-corrected chi connectivity index (χ2v) is 15.9. The molecule has 1 saturated carbocycles. The minimum atomic E-state index is -3.45. The average Bonchev–Trinajstić information content (AvgIpc) is 3.53. The maximum absolute atomic E-state index is 14.8. The highest BCUT2D eigenvalue weighted by molar-refractivity contribution is 7.91. The van der Waals surface area contributed by atoms with E-state index in [0.29, 0.717) is 17.5 Å². The summed E-state index contributed by atoms with van der Waals surface area (Å²) in [7, 11) is -6.89. The maximum atomic E-state index is 14.8. The Kier molecular flexibility index (Phi) is 5.82. The fraction of sp³-hybridized carbons (Fsp3) is 0.235. The van der Waals surface area contributed by atoms with Gasteiger partial charge < -0.3 is 0 Å². The molecular weight excluding hydrogens is 569 g/mol. The fourth-order valence-electron chi connectivity index (χ4n) is 8.03. The lowest BCUT2D eigenvalue weighted by Crippen LogP contribution is -2.38. The van der Waals surface area contributed by atoms with Crippen molar-refractivity contribution in [2.24, 2.45) is 11.3 Å². The second-order valence-electron chi connectivity index (χ2n) is 11.8. The molecule has 0 aromatic heterocycles. The molecule has 1 spiro atoms. The van der Waals surface area contributed by atoms with Crippen LogP contribution in [-0.2, 0) is 26.1 Å². The van der Waals surface area contributed by atoms with E-state index >= 15 is 0 Å². The van der Waals surface area contributed by atoms with Gasteiger partial charge in [-0.3, -0.25) is 9.59 Å². The van der Waals surface area contributed by atoms with Gasteiger partial charge >= 0.3 is 0 Å². The van der Waals surface area contributed by atoms with Crippen LogP contribution >= 0.6 is 0 Å². The molecule has 3 aliphatic rings. The van der Waals surface area contributed by atoms with E-state index in [1.54, 1.807) is 48.5 Å². The monoisotopic (exact) mass is 596 g/mol. The van der Waals surface area contributed by atoms with Gasteiger partial charge in [-0.05, 0) is 52.9 Å². The van der Waals surface area contributed by atoms with Gasteiger partial charge in [0.05, 0.1) is 15.2 Å². The van der Waals surface area contributed by atoms with Crippen LogP contribution in [0.5, 0.6) is 0 Å². The molecule has 0 bridgehead atoms. The third kappa shape index (κ3) is 3.74. The molecule has 0 radical (unpaired) electrons. The van der Waals surface area contributed by atoms with Gasteiger partial charge in [-0.15, -0.1) is 0 Å². The Labute approximate surface area is 245 Å². The predicted octanol–water partition coefficient (Wildman–Crippen LogP) is 5.40. The first kappa shape index (κ1) is 27.0. The van der Waals surface area contributed by atoms with Crippen LogP contribution in [0, 0.1) is 11.3 Å². The lowest BCUT2D eigenvalue weighted by atomic mass is 9.62. The second kappa shape index (κ2) is 9.06. The number of carbonyl (C=O) groups is 2. The van der Waals surface area contributed by atoms with Crippen molar-refractivity contribution in [1.82, 2.24) is 0 Å². The highest BCUT2D eigenvalue weighted by atomic mass is 32.2. The van der Waals surface area contributed by atoms with E-state index < -0.39 is 42.8 Å². The molecule has 4 aromatic carbocycles. The molecule has 0 heterocycles. The number of carbonyl (C=O) groups excluding carboxylic acids is 2. The van der Waals surface area contributed by atoms with E-state index in [4.69, 9.17) is 0 Å². The standard InChI is InChI=1S/C34H28O6S2/c1-41(37,38)23-15-11-20(12-16-23)30-28-26-9-5-6-10-27(26)32(35)29(28)31(21-13-17-24(18-14-21)42(2,39)40)34(30)19-22-7-3-4-8-25(22)33(34)36/h3-18,28-31H,19H2,1-2H3/t28-,29+,30-,31-,34+/m0/s1. The molecule has 6 nitrogen and oxygen atoms in total. The molecule has 42 heavy (non-hydrogen) atoms. The third-order valence-electron chi connectivity index (χ3n) is 9.61. The number of ketones is 2. The largest absolute Gasteiger partial charge is 0.294 e. The average molecular weight is 597 g/mol. The molecule has 7 rings (SSSR count). The van der Waals surface area contributed by atoms with Crippen molar-refractivity contribution in [2.75, 3.05) is 12.5 Å². The van der Waals surface area contributed by atoms with E-state index in [0.717, 1.165) is 34.8 Å². The SMILES string of the molecule is CS(=O)(=O)c1ccc([C@H]2[C@@H]3C(=O)c4ccccc4[C@@H]3[C@H](c3ccc(S(C)(=O)=O)cc3)[C@]23Cc2ccccc2C3=O)cc1. The van der Waals surface area contributed by atoms with E-state index in [-0.39, 0.29) is 27.3 Å². The van der Waals surface area contributed by atoms with Crippen LogP contribution in [0.15, 0.2) is 107 Å². The lowest BCUT2D eigenvalue weighted by Gasteiger charge is -2.38. The van der Waals surface area contributed by atoms with Crippen molar-refractivity contribution in [2.45, 2.75) is 34.0 Å². The molecule has 0 N–H and O–H groups in total. The van der Waals surface area contributed by atoms with Gasteiger partial charge in [0, 0.05) is 47.3 Å². The van der Waals surface area contributed by atoms with Gasteiger partial charge in [-0.25, -0.2) is 16.8 Å². The van der Waals surface area contributed by atoms with Gasteiger partial charge in [0.1, 0.15) is 0 Å². The first-order chi connectivity index (χ1) is 19.9. The summed E-state index contributed by atoms with van der Waals surface area (Å²) >= 11 is 0. The Hall–Kier alpha value is -3.88. The summed E-state index contributed by atoms with van der Waals surface area (Å²) in [5, 5.41) is 0. The molecule has 1 fully saturated rings. The van der Waals surface area contributed by atoms with Gasteiger partial charge in [0.2, 0.25) is 0 Å². The molecule has 212 valence electrons. The van der Waals surface area contributed by atoms with Crippen LogP contribution < -0.4 is 0 Å². The summed E-state index contributed by atoms with van der Waals surface area (Å²) < 4.78 is 49.2. The topological polar surface area (TPSA) is 102 Å². The Bertz CT molecular complexity index is 2010. The van der Waals surface area contributed by atoms with Crippen molar-refractivity contribution in [1.29, 1.82) is 0 Å². The summed E-state index contributed by atoms with van der Waals surface area (Å²) in [4.78, 5) is 29.4. The Balaban J connectivity index is 1.52. The van der Waals surface area contributed by atoms with Crippen LogP contribution in [0.3, 0.4) is 0 Å². The first-order valence-electron chi connectivity index (χ1n) is 13.8. The van der Waals surface area contributed by atoms with E-state index in [1.807, 2.05) is 48.5 Å². The molecule has 5 atom stereocenters. The highest BCUT2D eigenvalue weighted by Crippen LogP contribution is 2.72. The summed E-state index contributed by atoms with van der Waals surface area (Å²) in [6, 6.07) is 28.5. The van der Waals surface area contributed by atoms with Crippen molar-refractivity contribution >= 4 is 31.2 Å². The molecule has 4 aromatic rings. The molecule has 0 unspecified atom stereocenters. The zero-order chi connectivity index (χ0) is 29.6. The number of hydrogen-bond acceptors (Lipinski definition) is 6. The van der Waals surface area contributed by atoms with Crippen molar-refractivity contribution in [3.8, 4) is 0 Å². The van der Waals surface area contributed by atoms with Crippen molar-refractivity contribution in [3.05, 3.63) is 130 Å². The minimum Gasteiger partial charge on any atom is -0.294 e. The lowest BCUT2D eigenvalue weighted by molar-refractivity contribution is 0.0745. The van der Waals surface area contributed by atoms with Crippen molar-refractivity contribution in [3.63, 3.8) is 0 Å². The molecule has 8 heteroatoms. The summed E-state index contributed by atoms with van der Waals surface area (Å²) in [6.07, 6.45) is 2.73. The minimum absolute atomic E-state index is 0.0221. The fourth-order valence-corrected chi connectivity index (χ4v) is 9.29. The number of rotatable bonds is 4. The quantitative estimate of drug-likeness (QED) is 0.313. The molecular formula is C34H28O6S2. The number of hydrogen-bond donors (Lipinski definition) is 0. The first-order valence-corrected chi connectivity index (χ1v) is 17.6. The predicted molar refractivity (Wildman–Crippen MR) is 158 cm³/mol. The van der Waals surface area contributed by atoms with E-state index in [9.17, 15) is 26.4 Å².